The van der Waals surface area contributed by atoms with Gasteiger partial charge in [-0.2, -0.15) is 13.2 Å². The van der Waals surface area contributed by atoms with Crippen LogP contribution in [0.25, 0.3) is 0 Å². The van der Waals surface area contributed by atoms with E-state index < -0.39 is 17.4 Å². The lowest BCUT2D eigenvalue weighted by Gasteiger charge is -2.37. The highest BCUT2D eigenvalue weighted by atomic mass is 32.1. The van der Waals surface area contributed by atoms with Gasteiger partial charge in [0.25, 0.3) is 0 Å². The van der Waals surface area contributed by atoms with Crippen LogP contribution in [0.2, 0.25) is 0 Å². The zero-order valence-corrected chi connectivity index (χ0v) is 13.2. The standard InChI is InChI=1S/C14H20F3N3OS/c1-13(18)6-3-2-4-9(13)12(21)19-7-5-11-20-10(8-22-11)14(15,16)17/h8-9H,2-7,18H2,1H3,(H,19,21). The third-order valence-electron chi connectivity index (χ3n) is 4.05. The molecule has 8 heteroatoms. The second kappa shape index (κ2) is 6.54. The summed E-state index contributed by atoms with van der Waals surface area (Å²) in [5, 5.41) is 4.13. The van der Waals surface area contributed by atoms with E-state index in [4.69, 9.17) is 5.73 Å². The van der Waals surface area contributed by atoms with Crippen LogP contribution in [0.5, 0.6) is 0 Å². The molecule has 1 aromatic rings. The van der Waals surface area contributed by atoms with E-state index in [-0.39, 0.29) is 18.4 Å². The van der Waals surface area contributed by atoms with Crippen molar-refractivity contribution >= 4 is 17.2 Å². The van der Waals surface area contributed by atoms with Crippen molar-refractivity contribution in [3.05, 3.63) is 16.1 Å². The van der Waals surface area contributed by atoms with Crippen LogP contribution >= 0.6 is 11.3 Å². The topological polar surface area (TPSA) is 68.0 Å². The molecule has 124 valence electrons. The predicted octanol–water partition coefficient (Wildman–Crippen LogP) is 2.73. The van der Waals surface area contributed by atoms with E-state index in [2.05, 4.69) is 10.3 Å². The Hall–Kier alpha value is -1.15. The number of nitrogens with two attached hydrogens (primary N) is 1. The van der Waals surface area contributed by atoms with Crippen LogP contribution in [0.4, 0.5) is 13.2 Å². The smallest absolute Gasteiger partial charge is 0.355 e. The average molecular weight is 335 g/mol. The molecule has 0 radical (unpaired) electrons. The predicted molar refractivity (Wildman–Crippen MR) is 78.4 cm³/mol. The molecule has 1 amide bonds. The molecule has 4 nitrogen and oxygen atoms in total. The van der Waals surface area contributed by atoms with E-state index >= 15 is 0 Å². The van der Waals surface area contributed by atoms with Crippen molar-refractivity contribution in [2.45, 2.75) is 50.7 Å². The number of rotatable bonds is 4. The number of hydrogen-bond acceptors (Lipinski definition) is 4. The number of carbonyl (C=O) groups excluding carboxylic acids is 1. The molecule has 1 heterocycles. The lowest BCUT2D eigenvalue weighted by atomic mass is 9.74. The van der Waals surface area contributed by atoms with Crippen LogP contribution in [0.1, 0.15) is 43.3 Å². The molecule has 1 aliphatic rings. The second-order valence-electron chi connectivity index (χ2n) is 5.97. The molecule has 2 atom stereocenters. The Kier molecular flexibility index (Phi) is 5.11. The fourth-order valence-corrected chi connectivity index (χ4v) is 3.57. The molecule has 0 aromatic carbocycles. The molecular formula is C14H20F3N3OS. The van der Waals surface area contributed by atoms with Gasteiger partial charge in [-0.05, 0) is 19.8 Å². The van der Waals surface area contributed by atoms with E-state index in [0.29, 0.717) is 11.4 Å². The molecule has 1 fully saturated rings. The number of nitrogens with zero attached hydrogens (tertiary/aromatic N) is 1. The van der Waals surface area contributed by atoms with Gasteiger partial charge in [0, 0.05) is 23.9 Å². The van der Waals surface area contributed by atoms with Crippen molar-refractivity contribution in [3.8, 4) is 0 Å². The van der Waals surface area contributed by atoms with Gasteiger partial charge in [-0.1, -0.05) is 12.8 Å². The minimum atomic E-state index is -4.42. The molecule has 1 aromatic heterocycles. The van der Waals surface area contributed by atoms with Crippen molar-refractivity contribution in [1.82, 2.24) is 10.3 Å². The van der Waals surface area contributed by atoms with E-state index in [9.17, 15) is 18.0 Å². The number of hydrogen-bond donors (Lipinski definition) is 2. The Morgan fingerprint density at radius 1 is 1.55 bits per heavy atom. The lowest BCUT2D eigenvalue weighted by Crippen LogP contribution is -2.53. The van der Waals surface area contributed by atoms with E-state index in [1.165, 1.54) is 0 Å². The SMILES string of the molecule is CC1(N)CCCCC1C(=O)NCCc1nc(C(F)(F)F)cs1. The van der Waals surface area contributed by atoms with Crippen LogP contribution in [0, 0.1) is 5.92 Å². The van der Waals surface area contributed by atoms with Gasteiger partial charge in [0.2, 0.25) is 5.91 Å². The van der Waals surface area contributed by atoms with E-state index in [1.54, 1.807) is 0 Å². The number of halogens is 3. The Labute approximate surface area is 131 Å². The van der Waals surface area contributed by atoms with Crippen molar-refractivity contribution in [2.24, 2.45) is 11.7 Å². The number of alkyl halides is 3. The first-order valence-corrected chi connectivity index (χ1v) is 8.16. The maximum absolute atomic E-state index is 12.4. The van der Waals surface area contributed by atoms with E-state index in [1.807, 2.05) is 6.92 Å². The largest absolute Gasteiger partial charge is 0.434 e. The van der Waals surface area contributed by atoms with Crippen LogP contribution < -0.4 is 11.1 Å². The number of thiazole rings is 1. The second-order valence-corrected chi connectivity index (χ2v) is 6.91. The summed E-state index contributed by atoms with van der Waals surface area (Å²) in [4.78, 5) is 15.7. The van der Waals surface area contributed by atoms with E-state index in [0.717, 1.165) is 42.4 Å². The van der Waals surface area contributed by atoms with Crippen molar-refractivity contribution in [2.75, 3.05) is 6.54 Å². The minimum Gasteiger partial charge on any atom is -0.355 e. The van der Waals surface area contributed by atoms with Gasteiger partial charge in [-0.15, -0.1) is 11.3 Å². The first-order valence-electron chi connectivity index (χ1n) is 7.28. The molecule has 1 saturated carbocycles. The molecule has 0 spiro atoms. The highest BCUT2D eigenvalue weighted by Crippen LogP contribution is 2.32. The number of aromatic nitrogens is 1. The van der Waals surface area contributed by atoms with Crippen LogP contribution in [0.15, 0.2) is 5.38 Å². The van der Waals surface area contributed by atoms with Gasteiger partial charge in [0.05, 0.1) is 10.9 Å². The molecule has 0 saturated heterocycles. The average Bonchev–Trinajstić information content (AvgIpc) is 2.86. The Bertz CT molecular complexity index is 528. The summed E-state index contributed by atoms with van der Waals surface area (Å²) in [6, 6.07) is 0. The third kappa shape index (κ3) is 4.19. The van der Waals surface area contributed by atoms with Gasteiger partial charge >= 0.3 is 6.18 Å². The highest BCUT2D eigenvalue weighted by molar-refractivity contribution is 7.09. The van der Waals surface area contributed by atoms with Crippen LogP contribution in [0.3, 0.4) is 0 Å². The first-order chi connectivity index (χ1) is 10.2. The van der Waals surface area contributed by atoms with Gasteiger partial charge in [-0.25, -0.2) is 4.98 Å². The molecule has 0 bridgehead atoms. The summed E-state index contributed by atoms with van der Waals surface area (Å²) in [6.45, 7) is 2.16. The fraction of sp³-hybridized carbons (Fsp3) is 0.714. The minimum absolute atomic E-state index is 0.114. The Balaban J connectivity index is 1.83. The molecule has 22 heavy (non-hydrogen) atoms. The molecule has 1 aliphatic carbocycles. The highest BCUT2D eigenvalue weighted by Gasteiger charge is 2.37. The van der Waals surface area contributed by atoms with Gasteiger partial charge in [-0.3, -0.25) is 4.79 Å². The summed E-state index contributed by atoms with van der Waals surface area (Å²) in [5.74, 6) is -0.347. The molecule has 0 aliphatic heterocycles. The maximum atomic E-state index is 12.4. The zero-order chi connectivity index (χ0) is 16.4. The van der Waals surface area contributed by atoms with Crippen molar-refractivity contribution < 1.29 is 18.0 Å². The monoisotopic (exact) mass is 335 g/mol. The zero-order valence-electron chi connectivity index (χ0n) is 12.4. The first kappa shape index (κ1) is 17.2. The number of amides is 1. The number of nitrogens with one attached hydrogen (secondary N) is 1. The molecule has 2 rings (SSSR count). The Morgan fingerprint density at radius 2 is 2.27 bits per heavy atom. The molecule has 2 unspecified atom stereocenters. The summed E-state index contributed by atoms with van der Waals surface area (Å²) in [6.07, 6.45) is -0.550. The fourth-order valence-electron chi connectivity index (χ4n) is 2.76. The summed E-state index contributed by atoms with van der Waals surface area (Å²) in [5.41, 5.74) is 4.78. The lowest BCUT2D eigenvalue weighted by molar-refractivity contribution is -0.140. The molecular weight excluding hydrogens is 315 g/mol. The summed E-state index contributed by atoms with van der Waals surface area (Å²) >= 11 is 0.956. The third-order valence-corrected chi connectivity index (χ3v) is 4.96. The Morgan fingerprint density at radius 3 is 2.86 bits per heavy atom. The van der Waals surface area contributed by atoms with Gasteiger partial charge < -0.3 is 11.1 Å². The normalized spacial score (nSPS) is 26.0. The quantitative estimate of drug-likeness (QED) is 0.889. The molecule has 3 N–H and O–H groups in total. The van der Waals surface area contributed by atoms with Crippen LogP contribution in [-0.4, -0.2) is 23.0 Å². The van der Waals surface area contributed by atoms with Gasteiger partial charge in [0.15, 0.2) is 5.69 Å². The number of carbonyl (C=O) groups is 1. The van der Waals surface area contributed by atoms with Gasteiger partial charge in [0.1, 0.15) is 0 Å². The maximum Gasteiger partial charge on any atom is 0.434 e. The van der Waals surface area contributed by atoms with Crippen LogP contribution in [-0.2, 0) is 17.4 Å². The van der Waals surface area contributed by atoms with Crippen molar-refractivity contribution in [3.63, 3.8) is 0 Å². The summed E-state index contributed by atoms with van der Waals surface area (Å²) in [7, 11) is 0. The summed E-state index contributed by atoms with van der Waals surface area (Å²) < 4.78 is 37.3. The van der Waals surface area contributed by atoms with Crippen molar-refractivity contribution in [1.29, 1.82) is 0 Å².